The minimum atomic E-state index is -2.67. The summed E-state index contributed by atoms with van der Waals surface area (Å²) < 4.78 is 39.5. The number of halogens is 3. The van der Waals surface area contributed by atoms with Gasteiger partial charge in [-0.05, 0) is 25.1 Å². The standard InChI is InChI=1S/C14H13FN6.C5H4F2N2O.C2H6/c1-14(10-4-8(17)2-3-11(10)15)7-21-12(13(18)19-14)5-9(6-16)20-21;6-5(7)9-2-4(3-10)1-8-9;1-2/h2-5H,7,17H2,1H3,(H2,18,19);1-3,5H;1-2H3. The molecular formula is C21H23F3N8O. The van der Waals surface area contributed by atoms with E-state index in [-0.39, 0.29) is 23.6 Å². The summed E-state index contributed by atoms with van der Waals surface area (Å²) in [6, 6.07) is 7.86. The zero-order chi connectivity index (χ0) is 24.8. The molecule has 9 nitrogen and oxygen atoms in total. The maximum Gasteiger partial charge on any atom is 0.333 e. The zero-order valence-corrected chi connectivity index (χ0v) is 18.2. The summed E-state index contributed by atoms with van der Waals surface area (Å²) in [5, 5.41) is 16.3. The molecule has 4 N–H and O–H groups in total. The molecule has 0 fully saturated rings. The number of aldehydes is 1. The predicted molar refractivity (Wildman–Crippen MR) is 116 cm³/mol. The van der Waals surface area contributed by atoms with Crippen LogP contribution in [0.3, 0.4) is 0 Å². The van der Waals surface area contributed by atoms with Crippen LogP contribution >= 0.6 is 0 Å². The van der Waals surface area contributed by atoms with Crippen molar-refractivity contribution >= 4 is 17.8 Å². The summed E-state index contributed by atoms with van der Waals surface area (Å²) in [5.74, 6) is -0.182. The van der Waals surface area contributed by atoms with Crippen LogP contribution in [0.25, 0.3) is 0 Å². The Morgan fingerprint density at radius 2 is 1.97 bits per heavy atom. The number of hydrogen-bond donors (Lipinski definition) is 2. The lowest BCUT2D eigenvalue weighted by Gasteiger charge is -2.31. The topological polar surface area (TPSA) is 141 Å². The van der Waals surface area contributed by atoms with Gasteiger partial charge in [0.1, 0.15) is 29.0 Å². The molecule has 12 heteroatoms. The Bertz CT molecular complexity index is 1190. The number of aliphatic imine (C=N–C) groups is 1. The minimum Gasteiger partial charge on any atom is -0.399 e. The number of amidine groups is 1. The van der Waals surface area contributed by atoms with E-state index in [1.54, 1.807) is 23.7 Å². The number of fused-ring (bicyclic) bond motifs is 1. The van der Waals surface area contributed by atoms with Gasteiger partial charge in [0.05, 0.1) is 18.3 Å². The highest BCUT2D eigenvalue weighted by molar-refractivity contribution is 5.97. The second kappa shape index (κ2) is 10.4. The monoisotopic (exact) mass is 460 g/mol. The minimum absolute atomic E-state index is 0.153. The number of alkyl halides is 2. The van der Waals surface area contributed by atoms with E-state index < -0.39 is 17.9 Å². The molecule has 1 atom stereocenters. The molecule has 0 saturated carbocycles. The fourth-order valence-electron chi connectivity index (χ4n) is 3.07. The maximum atomic E-state index is 14.1. The Kier molecular flexibility index (Phi) is 7.95. The molecule has 0 amide bonds. The van der Waals surface area contributed by atoms with E-state index >= 15 is 0 Å². The Labute approximate surface area is 188 Å². The normalized spacial score (nSPS) is 16.4. The highest BCUT2D eigenvalue weighted by atomic mass is 19.3. The van der Waals surface area contributed by atoms with Gasteiger partial charge in [-0.1, -0.05) is 13.8 Å². The predicted octanol–water partition coefficient (Wildman–Crippen LogP) is 3.23. The number of nitrogen functional groups attached to an aromatic ring is 1. The third-order valence-corrected chi connectivity index (χ3v) is 4.51. The van der Waals surface area contributed by atoms with E-state index in [2.05, 4.69) is 15.2 Å². The Hall–Kier alpha value is -4.14. The van der Waals surface area contributed by atoms with Gasteiger partial charge >= 0.3 is 6.55 Å². The van der Waals surface area contributed by atoms with E-state index in [0.29, 0.717) is 27.9 Å². The summed E-state index contributed by atoms with van der Waals surface area (Å²) >= 11 is 0. The molecule has 3 aromatic rings. The highest BCUT2D eigenvalue weighted by Gasteiger charge is 2.35. The van der Waals surface area contributed by atoms with Gasteiger partial charge in [0.25, 0.3) is 0 Å². The van der Waals surface area contributed by atoms with Crippen molar-refractivity contribution in [2.45, 2.75) is 39.4 Å². The van der Waals surface area contributed by atoms with Crippen LogP contribution in [-0.4, -0.2) is 31.7 Å². The Balaban J connectivity index is 0.000000270. The lowest BCUT2D eigenvalue weighted by atomic mass is 9.90. The number of aromatic nitrogens is 4. The SMILES string of the molecule is CC.CC1(c2cc(N)ccc2F)Cn2nc(C#N)cc2C(N)=N1.O=Cc1cnn(C(F)F)c1. The van der Waals surface area contributed by atoms with E-state index in [4.69, 9.17) is 16.7 Å². The van der Waals surface area contributed by atoms with E-state index in [9.17, 15) is 18.0 Å². The van der Waals surface area contributed by atoms with Crippen LogP contribution in [0.4, 0.5) is 18.9 Å². The van der Waals surface area contributed by atoms with Crippen molar-refractivity contribution < 1.29 is 18.0 Å². The van der Waals surface area contributed by atoms with E-state index in [0.717, 1.165) is 12.4 Å². The third-order valence-electron chi connectivity index (χ3n) is 4.51. The number of nitrogens with two attached hydrogens (primary N) is 2. The quantitative estimate of drug-likeness (QED) is 0.454. The summed E-state index contributed by atoms with van der Waals surface area (Å²) in [6.07, 6.45) is 2.53. The van der Waals surface area contributed by atoms with Crippen LogP contribution < -0.4 is 11.5 Å². The van der Waals surface area contributed by atoms with Crippen molar-refractivity contribution in [2.24, 2.45) is 10.7 Å². The third kappa shape index (κ3) is 5.57. The number of rotatable bonds is 3. The molecule has 1 aromatic carbocycles. The highest BCUT2D eigenvalue weighted by Crippen LogP contribution is 2.34. The van der Waals surface area contributed by atoms with Crippen molar-refractivity contribution in [1.29, 1.82) is 5.26 Å². The summed E-state index contributed by atoms with van der Waals surface area (Å²) in [5.41, 5.74) is 12.5. The number of hydrogen-bond acceptors (Lipinski definition) is 7. The van der Waals surface area contributed by atoms with Crippen LogP contribution in [-0.2, 0) is 12.1 Å². The van der Waals surface area contributed by atoms with Crippen molar-refractivity contribution in [3.8, 4) is 6.07 Å². The molecule has 174 valence electrons. The van der Waals surface area contributed by atoms with Crippen LogP contribution in [0.5, 0.6) is 0 Å². The molecule has 33 heavy (non-hydrogen) atoms. The van der Waals surface area contributed by atoms with Crippen LogP contribution in [0.15, 0.2) is 41.7 Å². The van der Waals surface area contributed by atoms with Gasteiger partial charge in [0, 0.05) is 23.5 Å². The van der Waals surface area contributed by atoms with Gasteiger partial charge in [-0.3, -0.25) is 14.5 Å². The lowest BCUT2D eigenvalue weighted by molar-refractivity contribution is 0.0565. The van der Waals surface area contributed by atoms with Crippen molar-refractivity contribution in [1.82, 2.24) is 19.6 Å². The molecule has 0 bridgehead atoms. The average molecular weight is 460 g/mol. The fraction of sp³-hybridized carbons (Fsp3) is 0.286. The molecule has 0 saturated heterocycles. The molecule has 0 spiro atoms. The second-order valence-electron chi connectivity index (χ2n) is 6.84. The number of carbonyl (C=O) groups is 1. The molecule has 1 aliphatic rings. The van der Waals surface area contributed by atoms with Crippen LogP contribution in [0.1, 0.15) is 54.6 Å². The number of anilines is 1. The summed E-state index contributed by atoms with van der Waals surface area (Å²) in [7, 11) is 0. The molecular weight excluding hydrogens is 437 g/mol. The van der Waals surface area contributed by atoms with Crippen molar-refractivity contribution in [2.75, 3.05) is 5.73 Å². The van der Waals surface area contributed by atoms with Gasteiger partial charge in [0.2, 0.25) is 0 Å². The maximum absolute atomic E-state index is 14.1. The first-order valence-electron chi connectivity index (χ1n) is 9.83. The molecule has 3 heterocycles. The smallest absolute Gasteiger partial charge is 0.333 e. The molecule has 1 unspecified atom stereocenters. The van der Waals surface area contributed by atoms with Gasteiger partial charge in [-0.15, -0.1) is 0 Å². The molecule has 2 aromatic heterocycles. The zero-order valence-electron chi connectivity index (χ0n) is 18.2. The largest absolute Gasteiger partial charge is 0.399 e. The number of carbonyl (C=O) groups excluding carboxylic acids is 1. The molecule has 0 aliphatic carbocycles. The first-order chi connectivity index (χ1) is 15.7. The van der Waals surface area contributed by atoms with E-state index in [1.165, 1.54) is 12.1 Å². The molecule has 4 rings (SSSR count). The fourth-order valence-corrected chi connectivity index (χ4v) is 3.07. The van der Waals surface area contributed by atoms with Crippen molar-refractivity contribution in [3.05, 3.63) is 65.0 Å². The number of benzene rings is 1. The number of nitrogens with zero attached hydrogens (tertiary/aromatic N) is 6. The van der Waals surface area contributed by atoms with Gasteiger partial charge < -0.3 is 11.5 Å². The van der Waals surface area contributed by atoms with Crippen LogP contribution in [0, 0.1) is 17.1 Å². The van der Waals surface area contributed by atoms with Crippen molar-refractivity contribution in [3.63, 3.8) is 0 Å². The van der Waals surface area contributed by atoms with Crippen LogP contribution in [0.2, 0.25) is 0 Å². The second-order valence-corrected chi connectivity index (χ2v) is 6.84. The van der Waals surface area contributed by atoms with Gasteiger partial charge in [-0.25, -0.2) is 9.07 Å². The van der Waals surface area contributed by atoms with Gasteiger partial charge in [0.15, 0.2) is 12.0 Å². The lowest BCUT2D eigenvalue weighted by Crippen LogP contribution is -2.37. The molecule has 1 aliphatic heterocycles. The Morgan fingerprint density at radius 1 is 1.27 bits per heavy atom. The summed E-state index contributed by atoms with van der Waals surface area (Å²) in [6.45, 7) is 3.37. The number of nitriles is 1. The molecule has 0 radical (unpaired) electrons. The summed E-state index contributed by atoms with van der Waals surface area (Å²) in [4.78, 5) is 14.3. The van der Waals surface area contributed by atoms with Gasteiger partial charge in [-0.2, -0.15) is 24.2 Å². The average Bonchev–Trinajstić information content (AvgIpc) is 3.44. The Morgan fingerprint density at radius 3 is 2.52 bits per heavy atom. The van der Waals surface area contributed by atoms with E-state index in [1.807, 2.05) is 19.9 Å². The first-order valence-corrected chi connectivity index (χ1v) is 9.83. The first kappa shape index (κ1) is 25.1.